The molecule has 0 radical (unpaired) electrons. The van der Waals surface area contributed by atoms with Gasteiger partial charge >= 0.3 is 0 Å². The molecule has 1 atom stereocenters. The van der Waals surface area contributed by atoms with Crippen LogP contribution in [0.3, 0.4) is 0 Å². The number of carbonyl (C=O) groups excluding carboxylic acids is 1. The Hall–Kier alpha value is -1.99. The molecule has 126 valence electrons. The van der Waals surface area contributed by atoms with Crippen molar-refractivity contribution in [3.8, 4) is 5.69 Å². The summed E-state index contributed by atoms with van der Waals surface area (Å²) in [4.78, 5) is 12.4. The molecule has 1 aromatic heterocycles. The number of benzene rings is 1. The Bertz CT molecular complexity index is 751. The van der Waals surface area contributed by atoms with Crippen LogP contribution in [-0.4, -0.2) is 38.7 Å². The number of hydrogen-bond acceptors (Lipinski definition) is 5. The highest BCUT2D eigenvalue weighted by Gasteiger charge is 2.30. The number of anilines is 1. The van der Waals surface area contributed by atoms with Crippen molar-refractivity contribution in [3.63, 3.8) is 0 Å². The Morgan fingerprint density at radius 1 is 1.29 bits per heavy atom. The summed E-state index contributed by atoms with van der Waals surface area (Å²) in [6.45, 7) is 0.888. The van der Waals surface area contributed by atoms with E-state index >= 15 is 0 Å². The van der Waals surface area contributed by atoms with E-state index in [-0.39, 0.29) is 11.9 Å². The summed E-state index contributed by atoms with van der Waals surface area (Å²) in [5.41, 5.74) is 1.39. The van der Waals surface area contributed by atoms with E-state index in [1.807, 2.05) is 6.07 Å². The number of piperidine rings is 1. The zero-order valence-electron chi connectivity index (χ0n) is 13.2. The number of carbonyl (C=O) groups is 1. The third-order valence-corrected chi connectivity index (χ3v) is 4.82. The fourth-order valence-corrected chi connectivity index (χ4v) is 3.22. The predicted molar refractivity (Wildman–Crippen MR) is 90.4 cm³/mol. The van der Waals surface area contributed by atoms with Gasteiger partial charge in [-0.1, -0.05) is 18.0 Å². The van der Waals surface area contributed by atoms with Crippen LogP contribution in [0.15, 0.2) is 18.2 Å². The number of amides is 1. The first-order valence-electron chi connectivity index (χ1n) is 8.35. The molecule has 1 amide bonds. The van der Waals surface area contributed by atoms with Gasteiger partial charge in [0.1, 0.15) is 0 Å². The topological polar surface area (TPSA) is 84.7 Å². The number of nitrogens with zero attached hydrogens (tertiary/aromatic N) is 4. The summed E-state index contributed by atoms with van der Waals surface area (Å²) < 4.78 is 1.68. The predicted octanol–water partition coefficient (Wildman–Crippen LogP) is 2.27. The first kappa shape index (κ1) is 15.5. The summed E-state index contributed by atoms with van der Waals surface area (Å²) in [7, 11) is 0. The van der Waals surface area contributed by atoms with Crippen molar-refractivity contribution in [1.82, 2.24) is 25.5 Å². The SMILES string of the molecule is O=C(Nc1ccc(Cl)c(-n2nnnc2C2CC2)c1)C1CCCCN1. The largest absolute Gasteiger partial charge is 0.325 e. The van der Waals surface area contributed by atoms with Crippen LogP contribution in [0.1, 0.15) is 43.8 Å². The second-order valence-corrected chi connectivity index (χ2v) is 6.79. The van der Waals surface area contributed by atoms with Crippen LogP contribution < -0.4 is 10.6 Å². The zero-order valence-corrected chi connectivity index (χ0v) is 14.0. The van der Waals surface area contributed by atoms with Crippen molar-refractivity contribution in [1.29, 1.82) is 0 Å². The van der Waals surface area contributed by atoms with E-state index in [0.717, 1.165) is 44.5 Å². The van der Waals surface area contributed by atoms with Crippen LogP contribution in [0.4, 0.5) is 5.69 Å². The van der Waals surface area contributed by atoms with Gasteiger partial charge in [0.25, 0.3) is 0 Å². The third kappa shape index (κ3) is 3.14. The smallest absolute Gasteiger partial charge is 0.241 e. The minimum absolute atomic E-state index is 0.0119. The lowest BCUT2D eigenvalue weighted by molar-refractivity contribution is -0.118. The molecule has 24 heavy (non-hydrogen) atoms. The monoisotopic (exact) mass is 346 g/mol. The Labute approximate surface area is 144 Å². The number of tetrazole rings is 1. The quantitative estimate of drug-likeness (QED) is 0.887. The number of halogens is 1. The van der Waals surface area contributed by atoms with Crippen LogP contribution in [0.5, 0.6) is 0 Å². The van der Waals surface area contributed by atoms with E-state index in [2.05, 4.69) is 26.2 Å². The van der Waals surface area contributed by atoms with Crippen molar-refractivity contribution in [3.05, 3.63) is 29.0 Å². The van der Waals surface area contributed by atoms with Crippen molar-refractivity contribution in [2.45, 2.75) is 44.1 Å². The zero-order chi connectivity index (χ0) is 16.5. The standard InChI is InChI=1S/C16H19ClN6O/c17-12-7-6-11(19-16(24)13-3-1-2-8-18-13)9-14(12)23-15(10-4-5-10)20-21-22-23/h6-7,9-10,13,18H,1-5,8H2,(H,19,24). The molecule has 4 rings (SSSR count). The molecule has 2 aliphatic rings. The van der Waals surface area contributed by atoms with Gasteiger partial charge in [-0.3, -0.25) is 4.79 Å². The van der Waals surface area contributed by atoms with Crippen molar-refractivity contribution >= 4 is 23.2 Å². The van der Waals surface area contributed by atoms with E-state index in [9.17, 15) is 4.79 Å². The molecule has 1 aromatic carbocycles. The lowest BCUT2D eigenvalue weighted by Gasteiger charge is -2.22. The first-order valence-corrected chi connectivity index (χ1v) is 8.72. The molecular weight excluding hydrogens is 328 g/mol. The van der Waals surface area contributed by atoms with Crippen molar-refractivity contribution in [2.24, 2.45) is 0 Å². The molecular formula is C16H19ClN6O. The third-order valence-electron chi connectivity index (χ3n) is 4.50. The fraction of sp³-hybridized carbons (Fsp3) is 0.500. The summed E-state index contributed by atoms with van der Waals surface area (Å²) in [5, 5.41) is 18.7. The van der Waals surface area contributed by atoms with Gasteiger partial charge in [-0.05, 0) is 60.9 Å². The van der Waals surface area contributed by atoms with Crippen molar-refractivity contribution < 1.29 is 4.79 Å². The van der Waals surface area contributed by atoms with E-state index in [1.54, 1.807) is 16.8 Å². The molecule has 8 heteroatoms. The van der Waals surface area contributed by atoms with Gasteiger partial charge in [0.2, 0.25) is 5.91 Å². The van der Waals surface area contributed by atoms with Crippen LogP contribution in [-0.2, 0) is 4.79 Å². The van der Waals surface area contributed by atoms with Gasteiger partial charge in [-0.25, -0.2) is 0 Å². The average molecular weight is 347 g/mol. The fourth-order valence-electron chi connectivity index (χ4n) is 3.02. The Morgan fingerprint density at radius 3 is 2.92 bits per heavy atom. The van der Waals surface area contributed by atoms with Crippen LogP contribution in [0, 0.1) is 0 Å². The van der Waals surface area contributed by atoms with Crippen molar-refractivity contribution in [2.75, 3.05) is 11.9 Å². The maximum Gasteiger partial charge on any atom is 0.241 e. The Balaban J connectivity index is 1.57. The molecule has 1 saturated heterocycles. The molecule has 1 aliphatic heterocycles. The maximum atomic E-state index is 12.4. The normalized spacial score (nSPS) is 20.8. The van der Waals surface area contributed by atoms with Gasteiger partial charge in [0, 0.05) is 11.6 Å². The molecule has 7 nitrogen and oxygen atoms in total. The second kappa shape index (κ2) is 6.49. The van der Waals surface area contributed by atoms with E-state index in [0.29, 0.717) is 22.3 Å². The van der Waals surface area contributed by atoms with E-state index in [1.165, 1.54) is 0 Å². The molecule has 2 fully saturated rings. The Morgan fingerprint density at radius 2 is 2.17 bits per heavy atom. The highest BCUT2D eigenvalue weighted by molar-refractivity contribution is 6.32. The van der Waals surface area contributed by atoms with E-state index < -0.39 is 0 Å². The lowest BCUT2D eigenvalue weighted by Crippen LogP contribution is -2.43. The summed E-state index contributed by atoms with van der Waals surface area (Å²) >= 11 is 6.33. The summed E-state index contributed by atoms with van der Waals surface area (Å²) in [6, 6.07) is 5.26. The number of rotatable bonds is 4. The summed E-state index contributed by atoms with van der Waals surface area (Å²) in [6.07, 6.45) is 5.26. The molecule has 1 saturated carbocycles. The van der Waals surface area contributed by atoms with Crippen LogP contribution >= 0.6 is 11.6 Å². The highest BCUT2D eigenvalue weighted by Crippen LogP contribution is 2.40. The number of aromatic nitrogens is 4. The van der Waals surface area contributed by atoms with Gasteiger partial charge < -0.3 is 10.6 Å². The minimum atomic E-state index is -0.132. The lowest BCUT2D eigenvalue weighted by atomic mass is 10.0. The van der Waals surface area contributed by atoms with Gasteiger partial charge in [0.05, 0.1) is 16.8 Å². The maximum absolute atomic E-state index is 12.4. The molecule has 0 bridgehead atoms. The molecule has 2 heterocycles. The Kier molecular flexibility index (Phi) is 4.20. The summed E-state index contributed by atoms with van der Waals surface area (Å²) in [5.74, 6) is 1.22. The second-order valence-electron chi connectivity index (χ2n) is 6.38. The molecule has 2 N–H and O–H groups in total. The molecule has 1 aliphatic carbocycles. The minimum Gasteiger partial charge on any atom is -0.325 e. The average Bonchev–Trinajstić information content (AvgIpc) is 3.34. The van der Waals surface area contributed by atoms with Crippen LogP contribution in [0.25, 0.3) is 5.69 Å². The first-order chi connectivity index (χ1) is 11.7. The number of nitrogens with one attached hydrogen (secondary N) is 2. The number of hydrogen-bond donors (Lipinski definition) is 2. The molecule has 0 spiro atoms. The molecule has 1 unspecified atom stereocenters. The van der Waals surface area contributed by atoms with Gasteiger partial charge in [-0.2, -0.15) is 4.68 Å². The van der Waals surface area contributed by atoms with Gasteiger partial charge in [-0.15, -0.1) is 5.10 Å². The highest BCUT2D eigenvalue weighted by atomic mass is 35.5. The van der Waals surface area contributed by atoms with Crippen LogP contribution in [0.2, 0.25) is 5.02 Å². The van der Waals surface area contributed by atoms with Gasteiger partial charge in [0.15, 0.2) is 5.82 Å². The molecule has 2 aromatic rings. The van der Waals surface area contributed by atoms with E-state index in [4.69, 9.17) is 11.6 Å².